The third-order valence-corrected chi connectivity index (χ3v) is 6.45. The van der Waals surface area contributed by atoms with Gasteiger partial charge >= 0.3 is 0 Å². The fourth-order valence-electron chi connectivity index (χ4n) is 3.69. The molecule has 142 valence electrons. The molecule has 4 heterocycles. The van der Waals surface area contributed by atoms with Crippen molar-refractivity contribution < 1.29 is 13.7 Å². The highest BCUT2D eigenvalue weighted by molar-refractivity contribution is 7.84. The molecule has 2 aliphatic heterocycles. The van der Waals surface area contributed by atoms with E-state index in [1.165, 1.54) is 0 Å². The van der Waals surface area contributed by atoms with Crippen LogP contribution in [0, 0.1) is 0 Å². The van der Waals surface area contributed by atoms with E-state index in [9.17, 15) is 9.00 Å². The van der Waals surface area contributed by atoms with E-state index >= 15 is 0 Å². The van der Waals surface area contributed by atoms with E-state index in [4.69, 9.17) is 9.84 Å². The molecular formula is C20H18N4O3S. The molecule has 1 atom stereocenters. The van der Waals surface area contributed by atoms with Gasteiger partial charge in [-0.05, 0) is 18.2 Å². The Morgan fingerprint density at radius 2 is 1.82 bits per heavy atom. The summed E-state index contributed by atoms with van der Waals surface area (Å²) >= 11 is 0. The maximum Gasteiger partial charge on any atom is 0.274 e. The van der Waals surface area contributed by atoms with Gasteiger partial charge in [0.25, 0.3) is 5.91 Å². The third kappa shape index (κ3) is 2.76. The monoisotopic (exact) mass is 394 g/mol. The minimum atomic E-state index is -1.21. The molecule has 0 radical (unpaired) electrons. The number of carbonyl (C=O) groups is 1. The molecule has 2 aliphatic rings. The first-order valence-corrected chi connectivity index (χ1v) is 10.4. The van der Waals surface area contributed by atoms with Crippen molar-refractivity contribution >= 4 is 16.7 Å². The Morgan fingerprint density at radius 3 is 2.61 bits per heavy atom. The van der Waals surface area contributed by atoms with Gasteiger partial charge in [0.1, 0.15) is 0 Å². The van der Waals surface area contributed by atoms with Crippen molar-refractivity contribution in [3.63, 3.8) is 0 Å². The number of rotatable bonds is 2. The molecule has 2 aromatic heterocycles. The average Bonchev–Trinajstić information content (AvgIpc) is 3.14. The molecule has 3 aromatic rings. The lowest BCUT2D eigenvalue weighted by atomic mass is 10.0. The van der Waals surface area contributed by atoms with E-state index in [1.54, 1.807) is 22.0 Å². The summed E-state index contributed by atoms with van der Waals surface area (Å²) in [6.45, 7) is 2.12. The van der Waals surface area contributed by atoms with Crippen molar-refractivity contribution in [1.82, 2.24) is 19.7 Å². The zero-order valence-corrected chi connectivity index (χ0v) is 15.9. The average molecular weight is 394 g/mol. The third-order valence-electron chi connectivity index (χ3n) is 5.05. The van der Waals surface area contributed by atoms with Crippen LogP contribution in [0.5, 0.6) is 0 Å². The number of amides is 1. The fraction of sp³-hybridized carbons (Fsp3) is 0.250. The molecule has 1 saturated heterocycles. The SMILES string of the molecule is O=C(c1nn(-c2ccncc2)c2c1CS(=O)c1ccccc1-2)N1CCOCC1. The van der Waals surface area contributed by atoms with Gasteiger partial charge in [-0.1, -0.05) is 18.2 Å². The van der Waals surface area contributed by atoms with Crippen LogP contribution in [-0.2, 0) is 21.3 Å². The van der Waals surface area contributed by atoms with Crippen LogP contribution < -0.4 is 0 Å². The second kappa shape index (κ2) is 6.96. The molecular weight excluding hydrogens is 376 g/mol. The number of ether oxygens (including phenoxy) is 1. The first-order chi connectivity index (χ1) is 13.7. The Morgan fingerprint density at radius 1 is 1.07 bits per heavy atom. The smallest absolute Gasteiger partial charge is 0.274 e. The summed E-state index contributed by atoms with van der Waals surface area (Å²) in [5, 5.41) is 4.69. The Balaban J connectivity index is 1.72. The maximum atomic E-state index is 13.2. The Kier molecular flexibility index (Phi) is 4.29. The van der Waals surface area contributed by atoms with E-state index in [0.29, 0.717) is 32.0 Å². The number of hydrogen-bond acceptors (Lipinski definition) is 5. The Labute approximate surface area is 164 Å². The van der Waals surface area contributed by atoms with Gasteiger partial charge in [0.05, 0.1) is 41.1 Å². The van der Waals surface area contributed by atoms with Crippen LogP contribution in [0.3, 0.4) is 0 Å². The van der Waals surface area contributed by atoms with Gasteiger partial charge in [-0.25, -0.2) is 4.68 Å². The van der Waals surface area contributed by atoms with Crippen molar-refractivity contribution in [2.75, 3.05) is 26.3 Å². The van der Waals surface area contributed by atoms with Gasteiger partial charge in [0.2, 0.25) is 0 Å². The topological polar surface area (TPSA) is 77.3 Å². The van der Waals surface area contributed by atoms with Crippen molar-refractivity contribution in [2.45, 2.75) is 10.6 Å². The number of carbonyl (C=O) groups excluding carboxylic acids is 1. The lowest BCUT2D eigenvalue weighted by Gasteiger charge is -2.26. The van der Waals surface area contributed by atoms with Crippen molar-refractivity contribution in [3.8, 4) is 16.9 Å². The van der Waals surface area contributed by atoms with Gasteiger partial charge in [0.15, 0.2) is 5.69 Å². The van der Waals surface area contributed by atoms with Crippen molar-refractivity contribution in [3.05, 3.63) is 60.0 Å². The highest BCUT2D eigenvalue weighted by Gasteiger charge is 2.33. The number of nitrogens with zero attached hydrogens (tertiary/aromatic N) is 4. The predicted molar refractivity (Wildman–Crippen MR) is 104 cm³/mol. The summed E-state index contributed by atoms with van der Waals surface area (Å²) in [6.07, 6.45) is 3.39. The molecule has 0 aliphatic carbocycles. The normalized spacial score (nSPS) is 18.4. The first-order valence-electron chi connectivity index (χ1n) is 9.11. The van der Waals surface area contributed by atoms with Crippen LogP contribution in [0.4, 0.5) is 0 Å². The molecule has 0 N–H and O–H groups in total. The second-order valence-electron chi connectivity index (χ2n) is 6.68. The molecule has 1 aromatic carbocycles. The maximum absolute atomic E-state index is 13.2. The highest BCUT2D eigenvalue weighted by Crippen LogP contribution is 2.39. The molecule has 1 fully saturated rings. The van der Waals surface area contributed by atoms with E-state index in [2.05, 4.69) is 4.98 Å². The summed E-state index contributed by atoms with van der Waals surface area (Å²) in [6, 6.07) is 11.3. The summed E-state index contributed by atoms with van der Waals surface area (Å²) in [5.74, 6) is 0.145. The summed E-state index contributed by atoms with van der Waals surface area (Å²) in [4.78, 5) is 19.8. The largest absolute Gasteiger partial charge is 0.378 e. The molecule has 1 amide bonds. The zero-order valence-electron chi connectivity index (χ0n) is 15.1. The summed E-state index contributed by atoms with van der Waals surface area (Å²) < 4.78 is 20.0. The van der Waals surface area contributed by atoms with Crippen molar-refractivity contribution in [1.29, 1.82) is 0 Å². The highest BCUT2D eigenvalue weighted by atomic mass is 32.2. The summed E-state index contributed by atoms with van der Waals surface area (Å²) in [5.41, 5.74) is 3.61. The minimum Gasteiger partial charge on any atom is -0.378 e. The van der Waals surface area contributed by atoms with Crippen LogP contribution in [0.1, 0.15) is 16.1 Å². The van der Waals surface area contributed by atoms with E-state index in [-0.39, 0.29) is 11.7 Å². The Bertz CT molecular complexity index is 1070. The summed E-state index contributed by atoms with van der Waals surface area (Å²) in [7, 11) is -1.21. The van der Waals surface area contributed by atoms with Gasteiger partial charge in [-0.15, -0.1) is 0 Å². The number of morpholine rings is 1. The first kappa shape index (κ1) is 17.3. The van der Waals surface area contributed by atoms with Crippen LogP contribution in [0.25, 0.3) is 16.9 Å². The molecule has 7 nitrogen and oxygen atoms in total. The molecule has 0 saturated carbocycles. The second-order valence-corrected chi connectivity index (χ2v) is 8.10. The lowest BCUT2D eigenvalue weighted by molar-refractivity contribution is 0.0298. The van der Waals surface area contributed by atoms with E-state index in [1.807, 2.05) is 36.4 Å². The molecule has 1 unspecified atom stereocenters. The number of hydrogen-bond donors (Lipinski definition) is 0. The lowest BCUT2D eigenvalue weighted by Crippen LogP contribution is -2.41. The fourth-order valence-corrected chi connectivity index (χ4v) is 5.02. The quantitative estimate of drug-likeness (QED) is 0.665. The number of fused-ring (bicyclic) bond motifs is 3. The standard InChI is InChI=1S/C20H18N4O3S/c25-20(23-9-11-27-12-10-23)18-16-13-28(26)17-4-2-1-3-15(17)19(16)24(22-18)14-5-7-21-8-6-14/h1-8H,9-13H2. The van der Waals surface area contributed by atoms with Crippen LogP contribution >= 0.6 is 0 Å². The molecule has 5 rings (SSSR count). The predicted octanol–water partition coefficient (Wildman–Crippen LogP) is 2.03. The van der Waals surface area contributed by atoms with E-state index < -0.39 is 10.8 Å². The zero-order chi connectivity index (χ0) is 19.1. The van der Waals surface area contributed by atoms with Crippen LogP contribution in [0.2, 0.25) is 0 Å². The molecule has 0 spiro atoms. The van der Waals surface area contributed by atoms with Crippen LogP contribution in [-0.4, -0.2) is 56.1 Å². The molecule has 0 bridgehead atoms. The van der Waals surface area contributed by atoms with Gasteiger partial charge in [-0.2, -0.15) is 5.10 Å². The van der Waals surface area contributed by atoms with Crippen molar-refractivity contribution in [2.24, 2.45) is 0 Å². The number of benzene rings is 1. The Hall–Kier alpha value is -2.84. The van der Waals surface area contributed by atoms with Gasteiger partial charge < -0.3 is 9.64 Å². The minimum absolute atomic E-state index is 0.135. The molecule has 8 heteroatoms. The molecule has 28 heavy (non-hydrogen) atoms. The van der Waals surface area contributed by atoms with Crippen LogP contribution in [0.15, 0.2) is 53.7 Å². The van der Waals surface area contributed by atoms with E-state index in [0.717, 1.165) is 27.4 Å². The number of aromatic nitrogens is 3. The van der Waals surface area contributed by atoms with Gasteiger partial charge in [-0.3, -0.25) is 14.0 Å². The van der Waals surface area contributed by atoms with Gasteiger partial charge in [0, 0.05) is 41.5 Å². The number of pyridine rings is 1.